The van der Waals surface area contributed by atoms with Gasteiger partial charge in [0.15, 0.2) is 0 Å². The average Bonchev–Trinajstić information content (AvgIpc) is 2.68. The third kappa shape index (κ3) is 3.23. The Morgan fingerprint density at radius 1 is 1.61 bits per heavy atom. The van der Waals surface area contributed by atoms with Crippen molar-refractivity contribution in [2.75, 3.05) is 19.6 Å². The Labute approximate surface area is 115 Å². The summed E-state index contributed by atoms with van der Waals surface area (Å²) in [6.45, 7) is 3.39. The molecule has 1 atom stereocenters. The molecule has 98 valence electrons. The van der Waals surface area contributed by atoms with Crippen molar-refractivity contribution in [3.05, 3.63) is 28.2 Å². The molecule has 1 N–H and O–H groups in total. The van der Waals surface area contributed by atoms with Crippen molar-refractivity contribution in [1.29, 1.82) is 0 Å². The van der Waals surface area contributed by atoms with Crippen molar-refractivity contribution in [2.24, 2.45) is 0 Å². The van der Waals surface area contributed by atoms with Crippen molar-refractivity contribution < 1.29 is 14.6 Å². The standard InChI is InChI=1S/C13H16BrNO3/c1-2-15(8-13(16)17)7-11-6-9-5-10(14)3-4-12(9)18-11/h3-5,11H,2,6-8H2,1H3,(H,16,17). The Morgan fingerprint density at radius 2 is 2.39 bits per heavy atom. The van der Waals surface area contributed by atoms with Crippen LogP contribution in [-0.4, -0.2) is 41.7 Å². The first-order chi connectivity index (χ1) is 8.58. The number of ether oxygens (including phenoxy) is 1. The van der Waals surface area contributed by atoms with Gasteiger partial charge in [0.05, 0.1) is 6.54 Å². The van der Waals surface area contributed by atoms with Crippen molar-refractivity contribution in [3.63, 3.8) is 0 Å². The van der Waals surface area contributed by atoms with Crippen LogP contribution in [0.15, 0.2) is 22.7 Å². The van der Waals surface area contributed by atoms with Crippen LogP contribution < -0.4 is 4.74 Å². The normalized spacial score (nSPS) is 17.6. The average molecular weight is 314 g/mol. The first kappa shape index (κ1) is 13.4. The molecular weight excluding hydrogens is 298 g/mol. The summed E-state index contributed by atoms with van der Waals surface area (Å²) in [6.07, 6.45) is 0.888. The molecule has 1 aliphatic rings. The second-order valence-electron chi connectivity index (χ2n) is 4.42. The van der Waals surface area contributed by atoms with E-state index >= 15 is 0 Å². The molecule has 0 fully saturated rings. The Kier molecular flexibility index (Phi) is 4.24. The van der Waals surface area contributed by atoms with E-state index in [-0.39, 0.29) is 12.6 Å². The highest BCUT2D eigenvalue weighted by molar-refractivity contribution is 9.10. The van der Waals surface area contributed by atoms with E-state index in [2.05, 4.69) is 22.0 Å². The highest BCUT2D eigenvalue weighted by Gasteiger charge is 2.25. The second-order valence-corrected chi connectivity index (χ2v) is 5.33. The molecule has 18 heavy (non-hydrogen) atoms. The van der Waals surface area contributed by atoms with Gasteiger partial charge in [-0.3, -0.25) is 9.69 Å². The van der Waals surface area contributed by atoms with Gasteiger partial charge in [0.1, 0.15) is 11.9 Å². The molecular formula is C13H16BrNO3. The van der Waals surface area contributed by atoms with Gasteiger partial charge in [0.25, 0.3) is 0 Å². The minimum absolute atomic E-state index is 0.0496. The van der Waals surface area contributed by atoms with Gasteiger partial charge in [-0.25, -0.2) is 0 Å². The van der Waals surface area contributed by atoms with Gasteiger partial charge in [-0.05, 0) is 30.3 Å². The number of carboxylic acid groups (broad SMARTS) is 1. The molecule has 1 heterocycles. The maximum absolute atomic E-state index is 10.7. The maximum Gasteiger partial charge on any atom is 0.317 e. The molecule has 0 aromatic heterocycles. The van der Waals surface area contributed by atoms with E-state index in [4.69, 9.17) is 9.84 Å². The SMILES string of the molecule is CCN(CC(=O)O)CC1Cc2cc(Br)ccc2O1. The minimum Gasteiger partial charge on any atom is -0.488 e. The quantitative estimate of drug-likeness (QED) is 0.905. The fraction of sp³-hybridized carbons (Fsp3) is 0.462. The number of hydrogen-bond acceptors (Lipinski definition) is 3. The van der Waals surface area contributed by atoms with Gasteiger partial charge in [0, 0.05) is 17.4 Å². The lowest BCUT2D eigenvalue weighted by atomic mass is 10.1. The summed E-state index contributed by atoms with van der Waals surface area (Å²) in [5.74, 6) is 0.115. The summed E-state index contributed by atoms with van der Waals surface area (Å²) in [4.78, 5) is 12.6. The summed E-state index contributed by atoms with van der Waals surface area (Å²) < 4.78 is 6.87. The highest BCUT2D eigenvalue weighted by atomic mass is 79.9. The van der Waals surface area contributed by atoms with E-state index in [0.717, 1.165) is 16.6 Å². The van der Waals surface area contributed by atoms with E-state index < -0.39 is 5.97 Å². The van der Waals surface area contributed by atoms with Gasteiger partial charge in [-0.1, -0.05) is 22.9 Å². The monoisotopic (exact) mass is 313 g/mol. The third-order valence-corrected chi connectivity index (χ3v) is 3.52. The smallest absolute Gasteiger partial charge is 0.317 e. The van der Waals surface area contributed by atoms with E-state index in [1.807, 2.05) is 24.0 Å². The third-order valence-electron chi connectivity index (χ3n) is 3.03. The first-order valence-electron chi connectivity index (χ1n) is 5.97. The molecule has 5 heteroatoms. The molecule has 1 aromatic carbocycles. The summed E-state index contributed by atoms with van der Waals surface area (Å²) in [6, 6.07) is 5.96. The van der Waals surface area contributed by atoms with Crippen molar-refractivity contribution >= 4 is 21.9 Å². The lowest BCUT2D eigenvalue weighted by molar-refractivity contribution is -0.138. The minimum atomic E-state index is -0.796. The molecule has 1 unspecified atom stereocenters. The van der Waals surface area contributed by atoms with Crippen LogP contribution in [0.2, 0.25) is 0 Å². The fourth-order valence-corrected chi connectivity index (χ4v) is 2.58. The number of carbonyl (C=O) groups is 1. The number of benzene rings is 1. The fourth-order valence-electron chi connectivity index (χ4n) is 2.18. The number of aliphatic carboxylic acids is 1. The zero-order chi connectivity index (χ0) is 13.1. The number of halogens is 1. The van der Waals surface area contributed by atoms with E-state index in [9.17, 15) is 4.79 Å². The molecule has 1 aromatic rings. The molecule has 0 aliphatic carbocycles. The molecule has 2 rings (SSSR count). The molecule has 0 bridgehead atoms. The Hall–Kier alpha value is -1.07. The molecule has 4 nitrogen and oxygen atoms in total. The van der Waals surface area contributed by atoms with Gasteiger partial charge < -0.3 is 9.84 Å². The molecule has 1 aliphatic heterocycles. The number of nitrogens with zero attached hydrogens (tertiary/aromatic N) is 1. The Morgan fingerprint density at radius 3 is 3.06 bits per heavy atom. The highest BCUT2D eigenvalue weighted by Crippen LogP contribution is 2.31. The maximum atomic E-state index is 10.7. The zero-order valence-corrected chi connectivity index (χ0v) is 11.8. The lowest BCUT2D eigenvalue weighted by Gasteiger charge is -2.21. The van der Waals surface area contributed by atoms with Crippen LogP contribution in [0.3, 0.4) is 0 Å². The Balaban J connectivity index is 1.96. The van der Waals surface area contributed by atoms with E-state index in [0.29, 0.717) is 13.1 Å². The van der Waals surface area contributed by atoms with Crippen LogP contribution in [-0.2, 0) is 11.2 Å². The van der Waals surface area contributed by atoms with Crippen LogP contribution in [0.5, 0.6) is 5.75 Å². The van der Waals surface area contributed by atoms with Gasteiger partial charge in [-0.2, -0.15) is 0 Å². The molecule has 0 amide bonds. The number of rotatable bonds is 5. The number of likely N-dealkylation sites (N-methyl/N-ethyl adjacent to an activating group) is 1. The largest absolute Gasteiger partial charge is 0.488 e. The molecule has 0 radical (unpaired) electrons. The number of hydrogen-bond donors (Lipinski definition) is 1. The van der Waals surface area contributed by atoms with E-state index in [1.165, 1.54) is 5.56 Å². The van der Waals surface area contributed by atoms with Crippen LogP contribution in [0.1, 0.15) is 12.5 Å². The summed E-state index contributed by atoms with van der Waals surface area (Å²) in [5, 5.41) is 8.81. The molecule has 0 saturated heterocycles. The summed E-state index contributed by atoms with van der Waals surface area (Å²) >= 11 is 3.44. The number of fused-ring (bicyclic) bond motifs is 1. The van der Waals surface area contributed by atoms with E-state index in [1.54, 1.807) is 0 Å². The number of carboxylic acids is 1. The zero-order valence-electron chi connectivity index (χ0n) is 10.2. The predicted molar refractivity (Wildman–Crippen MR) is 72.0 cm³/mol. The van der Waals surface area contributed by atoms with Crippen molar-refractivity contribution in [1.82, 2.24) is 4.90 Å². The van der Waals surface area contributed by atoms with Crippen LogP contribution in [0.25, 0.3) is 0 Å². The second kappa shape index (κ2) is 5.71. The summed E-state index contributed by atoms with van der Waals surface area (Å²) in [7, 11) is 0. The molecule has 0 saturated carbocycles. The van der Waals surface area contributed by atoms with Gasteiger partial charge >= 0.3 is 5.97 Å². The summed E-state index contributed by atoms with van der Waals surface area (Å²) in [5.41, 5.74) is 1.18. The predicted octanol–water partition coefficient (Wildman–Crippen LogP) is 2.16. The molecule has 0 spiro atoms. The van der Waals surface area contributed by atoms with Gasteiger partial charge in [-0.15, -0.1) is 0 Å². The first-order valence-corrected chi connectivity index (χ1v) is 6.77. The van der Waals surface area contributed by atoms with Crippen LogP contribution in [0, 0.1) is 0 Å². The van der Waals surface area contributed by atoms with Crippen LogP contribution in [0.4, 0.5) is 0 Å². The van der Waals surface area contributed by atoms with Crippen LogP contribution >= 0.6 is 15.9 Å². The Bertz CT molecular complexity index is 450. The van der Waals surface area contributed by atoms with Crippen molar-refractivity contribution in [3.8, 4) is 5.75 Å². The van der Waals surface area contributed by atoms with Crippen molar-refractivity contribution in [2.45, 2.75) is 19.4 Å². The van der Waals surface area contributed by atoms with Gasteiger partial charge in [0.2, 0.25) is 0 Å². The topological polar surface area (TPSA) is 49.8 Å². The lowest BCUT2D eigenvalue weighted by Crippen LogP contribution is -2.38.